The minimum absolute atomic E-state index is 0.0607. The number of non-ortho nitro benzene ring substituents is 1. The second kappa shape index (κ2) is 15.3. The molecular formula is C37H36N4O9. The van der Waals surface area contributed by atoms with E-state index < -0.39 is 41.1 Å². The molecule has 2 atom stereocenters. The summed E-state index contributed by atoms with van der Waals surface area (Å²) in [5.74, 6) is -1.82. The van der Waals surface area contributed by atoms with Crippen LogP contribution in [0.1, 0.15) is 43.4 Å². The van der Waals surface area contributed by atoms with Crippen LogP contribution in [0.15, 0.2) is 97.1 Å². The van der Waals surface area contributed by atoms with Gasteiger partial charge in [-0.2, -0.15) is 0 Å². The van der Waals surface area contributed by atoms with Crippen molar-refractivity contribution >= 4 is 35.4 Å². The van der Waals surface area contributed by atoms with Gasteiger partial charge in [0.2, 0.25) is 5.91 Å². The van der Waals surface area contributed by atoms with Crippen LogP contribution >= 0.6 is 0 Å². The first-order valence-corrected chi connectivity index (χ1v) is 15.9. The van der Waals surface area contributed by atoms with E-state index in [9.17, 15) is 29.3 Å². The lowest BCUT2D eigenvalue weighted by molar-refractivity contribution is -0.384. The lowest BCUT2D eigenvalue weighted by atomic mass is 9.98. The molecule has 50 heavy (non-hydrogen) atoms. The van der Waals surface area contributed by atoms with Gasteiger partial charge in [0, 0.05) is 23.7 Å². The van der Waals surface area contributed by atoms with E-state index in [2.05, 4.69) is 5.32 Å². The monoisotopic (exact) mass is 680 g/mol. The molecule has 0 aromatic heterocycles. The van der Waals surface area contributed by atoms with Gasteiger partial charge in [-0.3, -0.25) is 24.6 Å². The molecule has 1 aliphatic rings. The van der Waals surface area contributed by atoms with Crippen molar-refractivity contribution in [2.24, 2.45) is 11.7 Å². The number of nitrogens with one attached hydrogen (secondary N) is 1. The molecule has 0 unspecified atom stereocenters. The van der Waals surface area contributed by atoms with E-state index in [0.29, 0.717) is 11.3 Å². The first-order valence-electron chi connectivity index (χ1n) is 15.9. The predicted molar refractivity (Wildman–Crippen MR) is 183 cm³/mol. The molecule has 13 heteroatoms. The van der Waals surface area contributed by atoms with Gasteiger partial charge >= 0.3 is 12.2 Å². The van der Waals surface area contributed by atoms with E-state index in [1.807, 2.05) is 48.5 Å². The Morgan fingerprint density at radius 2 is 1.42 bits per heavy atom. The van der Waals surface area contributed by atoms with Gasteiger partial charge in [-0.15, -0.1) is 0 Å². The molecule has 0 aliphatic heterocycles. The van der Waals surface area contributed by atoms with Crippen LogP contribution in [-0.4, -0.2) is 47.7 Å². The maximum Gasteiger partial charge on any atom is 0.514 e. The predicted octanol–water partition coefficient (Wildman–Crippen LogP) is 6.08. The molecule has 0 saturated carbocycles. The minimum Gasteiger partial charge on any atom is -0.449 e. The number of amides is 3. The number of benzene rings is 4. The minimum atomic E-state index is -1.08. The molecule has 0 spiro atoms. The van der Waals surface area contributed by atoms with Crippen LogP contribution in [0.4, 0.5) is 21.0 Å². The van der Waals surface area contributed by atoms with Crippen molar-refractivity contribution in [2.45, 2.75) is 45.4 Å². The van der Waals surface area contributed by atoms with E-state index in [0.717, 1.165) is 22.3 Å². The molecule has 0 saturated heterocycles. The lowest BCUT2D eigenvalue weighted by Crippen LogP contribution is -2.56. The lowest BCUT2D eigenvalue weighted by Gasteiger charge is -2.32. The molecule has 0 radical (unpaired) electrons. The fraction of sp³-hybridized carbons (Fsp3) is 0.243. The van der Waals surface area contributed by atoms with Gasteiger partial charge in [-0.05, 0) is 64.9 Å². The topological polar surface area (TPSA) is 180 Å². The zero-order valence-corrected chi connectivity index (χ0v) is 27.6. The molecular weight excluding hydrogens is 644 g/mol. The Morgan fingerprint density at radius 3 is 1.96 bits per heavy atom. The van der Waals surface area contributed by atoms with Gasteiger partial charge in [-0.1, -0.05) is 74.5 Å². The van der Waals surface area contributed by atoms with Crippen molar-refractivity contribution in [1.29, 1.82) is 0 Å². The van der Waals surface area contributed by atoms with Crippen LogP contribution in [0, 0.1) is 16.0 Å². The molecule has 13 nitrogen and oxygen atoms in total. The Morgan fingerprint density at radius 1 is 0.840 bits per heavy atom. The normalized spacial score (nSPS) is 13.0. The van der Waals surface area contributed by atoms with E-state index in [1.165, 1.54) is 36.1 Å². The van der Waals surface area contributed by atoms with Crippen molar-refractivity contribution in [3.63, 3.8) is 0 Å². The standard InChI is InChI=1S/C37H36N4O9/c1-22(2)33(39-36(44)48-21-32-30-10-6-4-8-28(30)29-9-5-7-11-31(29)32)35(43)40(23(3)34(38)42)25-14-12-24(13-15-25)20-49-37(45)50-27-18-16-26(17-19-27)41(46)47/h4-19,22-23,32-33H,20-21H2,1-3H3,(H2,38,42)(H,39,44)/t23-,33-/m0/s1. The average Bonchev–Trinajstić information content (AvgIpc) is 3.42. The summed E-state index contributed by atoms with van der Waals surface area (Å²) >= 11 is 0. The maximum atomic E-state index is 14.0. The van der Waals surface area contributed by atoms with Gasteiger partial charge in [0.05, 0.1) is 4.92 Å². The van der Waals surface area contributed by atoms with E-state index in [-0.39, 0.29) is 36.5 Å². The number of fused-ring (bicyclic) bond motifs is 3. The number of nitrogens with two attached hydrogens (primary N) is 1. The fourth-order valence-corrected chi connectivity index (χ4v) is 5.76. The molecule has 1 aliphatic carbocycles. The third kappa shape index (κ3) is 7.89. The highest BCUT2D eigenvalue weighted by Gasteiger charge is 2.35. The quantitative estimate of drug-likeness (QED) is 0.0776. The Labute approximate surface area is 288 Å². The number of nitrogens with zero attached hydrogens (tertiary/aromatic N) is 2. The zero-order chi connectivity index (χ0) is 35.9. The summed E-state index contributed by atoms with van der Waals surface area (Å²) in [6, 6.07) is 25.0. The Bertz CT molecular complexity index is 1850. The van der Waals surface area contributed by atoms with Crippen LogP contribution in [-0.2, 0) is 25.7 Å². The highest BCUT2D eigenvalue weighted by Crippen LogP contribution is 2.44. The molecule has 5 rings (SSSR count). The Hall–Kier alpha value is -6.24. The van der Waals surface area contributed by atoms with Crippen molar-refractivity contribution in [2.75, 3.05) is 11.5 Å². The number of carbonyl (C=O) groups excluding carboxylic acids is 4. The van der Waals surface area contributed by atoms with Gasteiger partial charge in [0.25, 0.3) is 11.6 Å². The second-order valence-electron chi connectivity index (χ2n) is 12.0. The van der Waals surface area contributed by atoms with Crippen LogP contribution in [0.5, 0.6) is 5.75 Å². The van der Waals surface area contributed by atoms with Crippen molar-refractivity contribution < 1.29 is 38.3 Å². The first-order chi connectivity index (χ1) is 23.9. The number of rotatable bonds is 12. The summed E-state index contributed by atoms with van der Waals surface area (Å²) in [6.45, 7) is 4.87. The van der Waals surface area contributed by atoms with Crippen molar-refractivity contribution in [3.8, 4) is 16.9 Å². The highest BCUT2D eigenvalue weighted by molar-refractivity contribution is 6.04. The third-order valence-corrected chi connectivity index (χ3v) is 8.41. The Balaban J connectivity index is 1.23. The van der Waals surface area contributed by atoms with Crippen molar-refractivity contribution in [3.05, 3.63) is 124 Å². The summed E-state index contributed by atoms with van der Waals surface area (Å²) in [5, 5.41) is 13.5. The molecule has 4 aromatic carbocycles. The number of hydrogen-bond donors (Lipinski definition) is 2. The largest absolute Gasteiger partial charge is 0.514 e. The Kier molecular flexibility index (Phi) is 10.7. The van der Waals surface area contributed by atoms with E-state index in [1.54, 1.807) is 38.1 Å². The van der Waals surface area contributed by atoms with Crippen molar-refractivity contribution in [1.82, 2.24) is 5.32 Å². The van der Waals surface area contributed by atoms with Gasteiger partial charge in [-0.25, -0.2) is 9.59 Å². The summed E-state index contributed by atoms with van der Waals surface area (Å²) in [5.41, 5.74) is 10.6. The molecule has 0 heterocycles. The van der Waals surface area contributed by atoms with Crippen LogP contribution < -0.4 is 20.7 Å². The number of primary amides is 1. The van der Waals surface area contributed by atoms with E-state index >= 15 is 0 Å². The average molecular weight is 681 g/mol. The molecule has 4 aromatic rings. The second-order valence-corrected chi connectivity index (χ2v) is 12.0. The number of carbonyl (C=O) groups is 4. The van der Waals surface area contributed by atoms with Gasteiger partial charge < -0.3 is 25.3 Å². The molecule has 0 fully saturated rings. The SMILES string of the molecule is CC(C)[C@H](NC(=O)OCC1c2ccccc2-c2ccccc21)C(=O)N(c1ccc(COC(=O)Oc2ccc([N+](=O)[O-])cc2)cc1)[C@@H](C)C(N)=O. The van der Waals surface area contributed by atoms with Crippen LogP contribution in [0.3, 0.4) is 0 Å². The van der Waals surface area contributed by atoms with E-state index in [4.69, 9.17) is 19.9 Å². The number of nitro groups is 1. The first kappa shape index (κ1) is 35.1. The summed E-state index contributed by atoms with van der Waals surface area (Å²) in [4.78, 5) is 63.1. The van der Waals surface area contributed by atoms with Crippen LogP contribution in [0.2, 0.25) is 0 Å². The number of hydrogen-bond acceptors (Lipinski definition) is 9. The fourth-order valence-electron chi connectivity index (χ4n) is 5.76. The third-order valence-electron chi connectivity index (χ3n) is 8.41. The van der Waals surface area contributed by atoms with Gasteiger partial charge in [0.15, 0.2) is 0 Å². The number of anilines is 1. The summed E-state index contributed by atoms with van der Waals surface area (Å²) in [7, 11) is 0. The smallest absolute Gasteiger partial charge is 0.449 e. The number of nitro benzene ring substituents is 1. The highest BCUT2D eigenvalue weighted by atomic mass is 16.7. The number of ether oxygens (including phenoxy) is 3. The molecule has 3 N–H and O–H groups in total. The summed E-state index contributed by atoms with van der Waals surface area (Å²) < 4.78 is 15.9. The summed E-state index contributed by atoms with van der Waals surface area (Å²) in [6.07, 6.45) is -1.81. The maximum absolute atomic E-state index is 14.0. The molecule has 258 valence electrons. The van der Waals surface area contributed by atoms with Crippen LogP contribution in [0.25, 0.3) is 11.1 Å². The molecule has 3 amide bonds. The van der Waals surface area contributed by atoms with Gasteiger partial charge in [0.1, 0.15) is 31.0 Å². The number of alkyl carbamates (subject to hydrolysis) is 1. The molecule has 0 bridgehead atoms. The zero-order valence-electron chi connectivity index (χ0n) is 27.6.